The summed E-state index contributed by atoms with van der Waals surface area (Å²) in [7, 11) is 0. The van der Waals surface area contributed by atoms with Crippen molar-refractivity contribution < 1.29 is 14.4 Å². The zero-order valence-electron chi connectivity index (χ0n) is 24.1. The van der Waals surface area contributed by atoms with E-state index in [2.05, 4.69) is 24.3 Å². The second-order valence-electron chi connectivity index (χ2n) is 13.4. The van der Waals surface area contributed by atoms with Crippen LogP contribution in [0.1, 0.15) is 59.8 Å². The number of aryl methyl sites for hydroxylation is 1. The average Bonchev–Trinajstić information content (AvgIpc) is 3.37. The quantitative estimate of drug-likeness (QED) is 0.466. The van der Waals surface area contributed by atoms with Gasteiger partial charge in [0, 0.05) is 48.7 Å². The van der Waals surface area contributed by atoms with Crippen molar-refractivity contribution >= 4 is 29.3 Å². The largest absolute Gasteiger partial charge is 0.349 e. The van der Waals surface area contributed by atoms with Crippen LogP contribution in [0.15, 0.2) is 60.9 Å². The second kappa shape index (κ2) is 9.97. The molecule has 2 saturated heterocycles. The second-order valence-corrected chi connectivity index (χ2v) is 13.8. The van der Waals surface area contributed by atoms with Crippen LogP contribution in [-0.4, -0.2) is 63.5 Å². The highest BCUT2D eigenvalue weighted by Gasteiger charge is 2.62. The number of halogens is 1. The van der Waals surface area contributed by atoms with Crippen LogP contribution in [0.4, 0.5) is 0 Å². The Bertz CT molecular complexity index is 1560. The topological polar surface area (TPSA) is 87.5 Å². The Hall–Kier alpha value is -3.65. The van der Waals surface area contributed by atoms with Gasteiger partial charge >= 0.3 is 0 Å². The first-order valence-corrected chi connectivity index (χ1v) is 15.2. The number of hydrogen-bond donors (Lipinski definition) is 1. The van der Waals surface area contributed by atoms with Crippen molar-refractivity contribution in [1.82, 2.24) is 24.9 Å². The molecule has 3 atom stereocenters. The molecule has 9 heteroatoms. The molecule has 8 nitrogen and oxygen atoms in total. The number of hydrogen-bond acceptors (Lipinski definition) is 4. The Morgan fingerprint density at radius 2 is 1.76 bits per heavy atom. The Morgan fingerprint density at radius 1 is 1.02 bits per heavy atom. The van der Waals surface area contributed by atoms with Crippen molar-refractivity contribution in [3.63, 3.8) is 0 Å². The average molecular weight is 586 g/mol. The van der Waals surface area contributed by atoms with Gasteiger partial charge in [0.25, 0.3) is 5.91 Å². The molecule has 7 rings (SSSR count). The lowest BCUT2D eigenvalue weighted by Gasteiger charge is -2.50. The van der Waals surface area contributed by atoms with Crippen molar-refractivity contribution in [1.29, 1.82) is 0 Å². The fraction of sp³-hybridized carbons (Fsp3) is 0.455. The van der Waals surface area contributed by atoms with Crippen LogP contribution >= 0.6 is 11.6 Å². The zero-order valence-corrected chi connectivity index (χ0v) is 24.8. The monoisotopic (exact) mass is 585 g/mol. The van der Waals surface area contributed by atoms with Crippen molar-refractivity contribution in [2.75, 3.05) is 26.2 Å². The first-order chi connectivity index (χ1) is 20.1. The Morgan fingerprint density at radius 3 is 2.50 bits per heavy atom. The summed E-state index contributed by atoms with van der Waals surface area (Å²) in [6.07, 6.45) is 5.99. The van der Waals surface area contributed by atoms with Gasteiger partial charge in [0.1, 0.15) is 0 Å². The highest BCUT2D eigenvalue weighted by Crippen LogP contribution is 2.54. The third-order valence-electron chi connectivity index (χ3n) is 9.95. The molecule has 1 spiro atoms. The van der Waals surface area contributed by atoms with Crippen LogP contribution in [-0.2, 0) is 22.6 Å². The standard InChI is InChI=1S/C33H36ClN5O3/c1-32(2)13-26(32)31(42)38-19-33(20-38)18-37(30(41)23-14-35-39(16-23)15-21-6-4-3-5-7-21)17-27(33)29(40)36-28-11-8-22-12-24(34)9-10-25(22)28/h3-7,9-10,12,14,16,26-28H,8,11,13,15,17-20H2,1-2H3,(H,36,40)/t26?,27-,28?/m0/s1. The molecule has 3 fully saturated rings. The predicted molar refractivity (Wildman–Crippen MR) is 159 cm³/mol. The third kappa shape index (κ3) is 4.79. The number of fused-ring (bicyclic) bond motifs is 1. The molecule has 2 aliphatic heterocycles. The molecule has 2 aromatic carbocycles. The van der Waals surface area contributed by atoms with Gasteiger partial charge < -0.3 is 15.1 Å². The number of benzene rings is 2. The molecule has 1 N–H and O–H groups in total. The molecule has 2 aliphatic carbocycles. The Labute approximate surface area is 251 Å². The van der Waals surface area contributed by atoms with Gasteiger partial charge in [0.2, 0.25) is 11.8 Å². The summed E-state index contributed by atoms with van der Waals surface area (Å²) in [5.41, 5.74) is 3.50. The van der Waals surface area contributed by atoms with Crippen molar-refractivity contribution in [3.05, 3.63) is 88.2 Å². The smallest absolute Gasteiger partial charge is 0.257 e. The van der Waals surface area contributed by atoms with E-state index in [1.807, 2.05) is 53.4 Å². The van der Waals surface area contributed by atoms with Gasteiger partial charge in [0.05, 0.1) is 30.3 Å². The molecule has 42 heavy (non-hydrogen) atoms. The summed E-state index contributed by atoms with van der Waals surface area (Å²) in [5, 5.41) is 8.43. The van der Waals surface area contributed by atoms with E-state index >= 15 is 0 Å². The number of amides is 3. The molecule has 0 radical (unpaired) electrons. The van der Waals surface area contributed by atoms with Gasteiger partial charge in [0.15, 0.2) is 0 Å². The molecule has 3 aromatic rings. The first kappa shape index (κ1) is 27.2. The molecule has 1 aromatic heterocycles. The minimum Gasteiger partial charge on any atom is -0.349 e. The lowest BCUT2D eigenvalue weighted by Crippen LogP contribution is -2.64. The van der Waals surface area contributed by atoms with Crippen molar-refractivity contribution in [2.45, 2.75) is 45.7 Å². The first-order valence-electron chi connectivity index (χ1n) is 14.9. The number of nitrogens with zero attached hydrogens (tertiary/aromatic N) is 4. The van der Waals surface area contributed by atoms with Gasteiger partial charge in [-0.25, -0.2) is 0 Å². The van der Waals surface area contributed by atoms with E-state index < -0.39 is 11.3 Å². The van der Waals surface area contributed by atoms with E-state index in [-0.39, 0.29) is 35.1 Å². The lowest BCUT2D eigenvalue weighted by atomic mass is 9.70. The predicted octanol–water partition coefficient (Wildman–Crippen LogP) is 4.34. The normalized spacial score (nSPS) is 24.8. The van der Waals surface area contributed by atoms with Crippen LogP contribution in [0.2, 0.25) is 5.02 Å². The molecular weight excluding hydrogens is 550 g/mol. The van der Waals surface area contributed by atoms with E-state index in [0.717, 1.165) is 30.4 Å². The van der Waals surface area contributed by atoms with Crippen molar-refractivity contribution in [3.8, 4) is 0 Å². The van der Waals surface area contributed by atoms with Crippen LogP contribution in [0, 0.1) is 22.7 Å². The van der Waals surface area contributed by atoms with E-state index in [1.54, 1.807) is 22.0 Å². The number of likely N-dealkylation sites (tertiary alicyclic amines) is 2. The van der Waals surface area contributed by atoms with E-state index in [9.17, 15) is 14.4 Å². The van der Waals surface area contributed by atoms with Crippen LogP contribution in [0.25, 0.3) is 0 Å². The molecular formula is C33H36ClN5O3. The Kier molecular flexibility index (Phi) is 6.46. The fourth-order valence-electron chi connectivity index (χ4n) is 7.31. The SMILES string of the molecule is CC1(C)CC1C(=O)N1CC2(CN(C(=O)c3cnn(Cc4ccccc4)c3)C[C@H]2C(=O)NC2CCc3cc(Cl)ccc32)C1. The number of rotatable bonds is 6. The third-order valence-corrected chi connectivity index (χ3v) is 10.2. The minimum atomic E-state index is -0.449. The summed E-state index contributed by atoms with van der Waals surface area (Å²) >= 11 is 6.20. The van der Waals surface area contributed by atoms with Crippen molar-refractivity contribution in [2.24, 2.45) is 22.7 Å². The fourth-order valence-corrected chi connectivity index (χ4v) is 7.50. The maximum absolute atomic E-state index is 13.9. The van der Waals surface area contributed by atoms with Crippen LogP contribution < -0.4 is 5.32 Å². The van der Waals surface area contributed by atoms with Gasteiger partial charge in [-0.15, -0.1) is 0 Å². The van der Waals surface area contributed by atoms with Crippen LogP contribution in [0.3, 0.4) is 0 Å². The summed E-state index contributed by atoms with van der Waals surface area (Å²) in [4.78, 5) is 44.5. The molecule has 218 valence electrons. The lowest BCUT2D eigenvalue weighted by molar-refractivity contribution is -0.151. The molecule has 0 bridgehead atoms. The summed E-state index contributed by atoms with van der Waals surface area (Å²) in [6.45, 7) is 6.61. The van der Waals surface area contributed by atoms with Gasteiger partial charge in [-0.2, -0.15) is 5.10 Å². The number of carbonyl (C=O) groups is 3. The minimum absolute atomic E-state index is 0.0447. The number of aromatic nitrogens is 2. The molecule has 4 aliphatic rings. The van der Waals surface area contributed by atoms with Crippen LogP contribution in [0.5, 0.6) is 0 Å². The summed E-state index contributed by atoms with van der Waals surface area (Å²) < 4.78 is 1.77. The highest BCUT2D eigenvalue weighted by atomic mass is 35.5. The molecule has 3 heterocycles. The summed E-state index contributed by atoms with van der Waals surface area (Å²) in [5.74, 6) is -0.333. The highest BCUT2D eigenvalue weighted by molar-refractivity contribution is 6.30. The van der Waals surface area contributed by atoms with E-state index in [1.165, 1.54) is 5.56 Å². The summed E-state index contributed by atoms with van der Waals surface area (Å²) in [6, 6.07) is 15.8. The zero-order chi connectivity index (χ0) is 29.2. The van der Waals surface area contributed by atoms with E-state index in [4.69, 9.17) is 11.6 Å². The molecule has 1 saturated carbocycles. The number of carbonyl (C=O) groups excluding carboxylic acids is 3. The Balaban J connectivity index is 1.09. The number of nitrogens with one attached hydrogen (secondary N) is 1. The van der Waals surface area contributed by atoms with Gasteiger partial charge in [-0.3, -0.25) is 19.1 Å². The molecule has 2 unspecified atom stereocenters. The van der Waals surface area contributed by atoms with Gasteiger partial charge in [-0.05, 0) is 53.5 Å². The van der Waals surface area contributed by atoms with Gasteiger partial charge in [-0.1, -0.05) is 61.8 Å². The maximum Gasteiger partial charge on any atom is 0.257 e. The molecule has 3 amide bonds. The van der Waals surface area contributed by atoms with E-state index in [0.29, 0.717) is 43.3 Å². The maximum atomic E-state index is 13.9.